The smallest absolute Gasteiger partial charge is 0.238 e. The van der Waals surface area contributed by atoms with Gasteiger partial charge in [0, 0.05) is 5.56 Å². The highest BCUT2D eigenvalue weighted by molar-refractivity contribution is 6.33. The molecule has 0 aliphatic heterocycles. The van der Waals surface area contributed by atoms with E-state index in [0.29, 0.717) is 27.7 Å². The van der Waals surface area contributed by atoms with E-state index in [1.54, 1.807) is 24.3 Å². The molecule has 2 aromatic carbocycles. The Hall–Kier alpha value is -2.84. The van der Waals surface area contributed by atoms with Gasteiger partial charge in [0.15, 0.2) is 5.58 Å². The zero-order valence-corrected chi connectivity index (χ0v) is 12.1. The number of nitrogens with one attached hydrogen (secondary N) is 1. The first-order valence-corrected chi connectivity index (χ1v) is 6.87. The number of amides is 1. The van der Waals surface area contributed by atoms with Crippen LogP contribution in [0.5, 0.6) is 0 Å². The fraction of sp³-hybridized carbons (Fsp3) is 0.0625. The predicted molar refractivity (Wildman–Crippen MR) is 83.3 cm³/mol. The number of carbonyl (C=O) groups is 1. The lowest BCUT2D eigenvalue weighted by Gasteiger charge is -2.06. The van der Waals surface area contributed by atoms with Crippen LogP contribution in [0.3, 0.4) is 0 Å². The van der Waals surface area contributed by atoms with E-state index in [1.807, 2.05) is 24.3 Å². The summed E-state index contributed by atoms with van der Waals surface area (Å²) < 4.78 is 5.68. The molecule has 0 saturated heterocycles. The Labute approximate surface area is 131 Å². The molecule has 0 radical (unpaired) electrons. The Morgan fingerprint density at radius 1 is 1.32 bits per heavy atom. The first-order valence-electron chi connectivity index (χ1n) is 6.49. The minimum absolute atomic E-state index is 0.233. The van der Waals surface area contributed by atoms with Crippen molar-refractivity contribution in [2.45, 2.75) is 6.42 Å². The van der Waals surface area contributed by atoms with E-state index in [0.717, 1.165) is 5.52 Å². The molecule has 0 fully saturated rings. The highest BCUT2D eigenvalue weighted by Gasteiger charge is 2.11. The molecule has 0 aliphatic rings. The van der Waals surface area contributed by atoms with Gasteiger partial charge in [-0.1, -0.05) is 23.7 Å². The van der Waals surface area contributed by atoms with Crippen LogP contribution < -0.4 is 5.32 Å². The zero-order chi connectivity index (χ0) is 15.5. The van der Waals surface area contributed by atoms with E-state index in [4.69, 9.17) is 21.3 Å². The van der Waals surface area contributed by atoms with Crippen LogP contribution in [-0.2, 0) is 4.79 Å². The fourth-order valence-electron chi connectivity index (χ4n) is 2.02. The Morgan fingerprint density at radius 3 is 2.91 bits per heavy atom. The number of para-hydroxylation sites is 2. The number of rotatable bonds is 3. The number of fused-ring (bicyclic) bond motifs is 1. The number of nitrogens with zero attached hydrogens (tertiary/aromatic N) is 2. The average molecular weight is 312 g/mol. The molecule has 0 spiro atoms. The van der Waals surface area contributed by atoms with Crippen molar-refractivity contribution >= 4 is 34.3 Å². The third-order valence-corrected chi connectivity index (χ3v) is 3.35. The third kappa shape index (κ3) is 2.78. The topological polar surface area (TPSA) is 78.9 Å². The standard InChI is InChI=1S/C16H10ClN3O2/c17-11-6-5-10(9-13(11)19-15(21)7-8-18)16-20-12-3-1-2-4-14(12)22-16/h1-6,9H,7H2,(H,19,21). The van der Waals surface area contributed by atoms with Crippen molar-refractivity contribution in [2.24, 2.45) is 0 Å². The van der Waals surface area contributed by atoms with Crippen molar-refractivity contribution in [1.29, 1.82) is 5.26 Å². The highest BCUT2D eigenvalue weighted by atomic mass is 35.5. The maximum atomic E-state index is 11.5. The number of benzene rings is 2. The van der Waals surface area contributed by atoms with Gasteiger partial charge in [-0.25, -0.2) is 4.98 Å². The monoisotopic (exact) mass is 311 g/mol. The lowest BCUT2D eigenvalue weighted by molar-refractivity contribution is -0.115. The number of carbonyl (C=O) groups excluding carboxylic acids is 1. The molecule has 3 rings (SSSR count). The van der Waals surface area contributed by atoms with Gasteiger partial charge in [-0.05, 0) is 30.3 Å². The first-order chi connectivity index (χ1) is 10.7. The van der Waals surface area contributed by atoms with Crippen molar-refractivity contribution in [3.05, 3.63) is 47.5 Å². The van der Waals surface area contributed by atoms with E-state index >= 15 is 0 Å². The SMILES string of the molecule is N#CCC(=O)Nc1cc(-c2nc3ccccc3o2)ccc1Cl. The molecule has 1 N–H and O–H groups in total. The number of oxazole rings is 1. The van der Waals surface area contributed by atoms with Gasteiger partial charge in [0.25, 0.3) is 0 Å². The second-order valence-electron chi connectivity index (χ2n) is 4.56. The van der Waals surface area contributed by atoms with E-state index in [2.05, 4.69) is 10.3 Å². The quantitative estimate of drug-likeness (QED) is 0.793. The van der Waals surface area contributed by atoms with Crippen LogP contribution in [0.15, 0.2) is 46.9 Å². The largest absolute Gasteiger partial charge is 0.436 e. The van der Waals surface area contributed by atoms with Crippen LogP contribution in [0, 0.1) is 11.3 Å². The summed E-state index contributed by atoms with van der Waals surface area (Å²) >= 11 is 6.06. The molecule has 1 amide bonds. The number of halogens is 1. The summed E-state index contributed by atoms with van der Waals surface area (Å²) in [4.78, 5) is 15.9. The first kappa shape index (κ1) is 14.1. The summed E-state index contributed by atoms with van der Waals surface area (Å²) in [6, 6.07) is 14.3. The van der Waals surface area contributed by atoms with Crippen LogP contribution in [-0.4, -0.2) is 10.9 Å². The number of hydrogen-bond donors (Lipinski definition) is 1. The van der Waals surface area contributed by atoms with Crippen molar-refractivity contribution in [1.82, 2.24) is 4.98 Å². The van der Waals surface area contributed by atoms with Crippen LogP contribution in [0.1, 0.15) is 6.42 Å². The van der Waals surface area contributed by atoms with Gasteiger partial charge in [0.1, 0.15) is 11.9 Å². The highest BCUT2D eigenvalue weighted by Crippen LogP contribution is 2.30. The van der Waals surface area contributed by atoms with E-state index < -0.39 is 5.91 Å². The normalized spacial score (nSPS) is 10.4. The van der Waals surface area contributed by atoms with Crippen molar-refractivity contribution in [3.8, 4) is 17.5 Å². The van der Waals surface area contributed by atoms with E-state index in [9.17, 15) is 4.79 Å². The molecule has 0 bridgehead atoms. The summed E-state index contributed by atoms with van der Waals surface area (Å²) in [6.07, 6.45) is -0.233. The second kappa shape index (κ2) is 5.88. The molecule has 3 aromatic rings. The molecule has 1 aromatic heterocycles. The third-order valence-electron chi connectivity index (χ3n) is 3.02. The minimum atomic E-state index is -0.417. The van der Waals surface area contributed by atoms with Crippen molar-refractivity contribution in [3.63, 3.8) is 0 Å². The molecule has 5 nitrogen and oxygen atoms in total. The van der Waals surface area contributed by atoms with Crippen LogP contribution in [0.25, 0.3) is 22.6 Å². The van der Waals surface area contributed by atoms with Gasteiger partial charge in [-0.15, -0.1) is 0 Å². The fourth-order valence-corrected chi connectivity index (χ4v) is 2.18. The van der Waals surface area contributed by atoms with Gasteiger partial charge in [-0.2, -0.15) is 5.26 Å². The molecule has 0 unspecified atom stereocenters. The number of nitriles is 1. The number of anilines is 1. The van der Waals surface area contributed by atoms with E-state index in [1.165, 1.54) is 0 Å². The summed E-state index contributed by atoms with van der Waals surface area (Å²) in [6.45, 7) is 0. The molecule has 22 heavy (non-hydrogen) atoms. The number of aromatic nitrogens is 1. The molecular formula is C16H10ClN3O2. The lowest BCUT2D eigenvalue weighted by atomic mass is 10.2. The van der Waals surface area contributed by atoms with E-state index in [-0.39, 0.29) is 6.42 Å². The summed E-state index contributed by atoms with van der Waals surface area (Å²) in [5.74, 6) is 0.0211. The van der Waals surface area contributed by atoms with Crippen LogP contribution in [0.2, 0.25) is 5.02 Å². The maximum Gasteiger partial charge on any atom is 0.238 e. The van der Waals surface area contributed by atoms with Crippen molar-refractivity contribution < 1.29 is 9.21 Å². The zero-order valence-electron chi connectivity index (χ0n) is 11.3. The van der Waals surface area contributed by atoms with Crippen LogP contribution in [0.4, 0.5) is 5.69 Å². The Bertz CT molecular complexity index is 863. The van der Waals surface area contributed by atoms with Gasteiger partial charge in [-0.3, -0.25) is 4.79 Å². The molecule has 6 heteroatoms. The second-order valence-corrected chi connectivity index (χ2v) is 4.97. The van der Waals surface area contributed by atoms with Crippen molar-refractivity contribution in [2.75, 3.05) is 5.32 Å². The minimum Gasteiger partial charge on any atom is -0.436 e. The molecule has 1 heterocycles. The lowest BCUT2D eigenvalue weighted by Crippen LogP contribution is -2.10. The van der Waals surface area contributed by atoms with Gasteiger partial charge < -0.3 is 9.73 Å². The summed E-state index contributed by atoms with van der Waals surface area (Å²) in [7, 11) is 0. The van der Waals surface area contributed by atoms with Crippen LogP contribution >= 0.6 is 11.6 Å². The van der Waals surface area contributed by atoms with Gasteiger partial charge in [0.05, 0.1) is 16.8 Å². The maximum absolute atomic E-state index is 11.5. The molecule has 0 saturated carbocycles. The predicted octanol–water partition coefficient (Wildman–Crippen LogP) is 4.00. The molecule has 108 valence electrons. The molecule has 0 atom stereocenters. The Morgan fingerprint density at radius 2 is 2.14 bits per heavy atom. The number of hydrogen-bond acceptors (Lipinski definition) is 4. The Balaban J connectivity index is 1.97. The molecular weight excluding hydrogens is 302 g/mol. The average Bonchev–Trinajstić information content (AvgIpc) is 2.93. The van der Waals surface area contributed by atoms with Gasteiger partial charge in [0.2, 0.25) is 11.8 Å². The summed E-state index contributed by atoms with van der Waals surface area (Å²) in [5.41, 5.74) is 2.54. The Kier molecular flexibility index (Phi) is 3.77. The molecule has 0 aliphatic carbocycles. The summed E-state index contributed by atoms with van der Waals surface area (Å²) in [5, 5.41) is 11.5. The van der Waals surface area contributed by atoms with Gasteiger partial charge >= 0.3 is 0 Å².